The number of para-hydroxylation sites is 1. The Morgan fingerprint density at radius 3 is 1.53 bits per heavy atom. The van der Waals surface area contributed by atoms with Crippen molar-refractivity contribution in [1.82, 2.24) is 10.6 Å². The van der Waals surface area contributed by atoms with E-state index in [9.17, 15) is 19.7 Å². The van der Waals surface area contributed by atoms with Gasteiger partial charge in [0, 0.05) is 10.5 Å². The number of nitro groups is 1. The van der Waals surface area contributed by atoms with Gasteiger partial charge < -0.3 is 10.6 Å². The first kappa shape index (κ1) is 28.3. The van der Waals surface area contributed by atoms with E-state index in [1.54, 1.807) is 12.1 Å². The van der Waals surface area contributed by atoms with Gasteiger partial charge in [0.15, 0.2) is 0 Å². The van der Waals surface area contributed by atoms with E-state index in [4.69, 9.17) is 0 Å². The Labute approximate surface area is 230 Å². The van der Waals surface area contributed by atoms with E-state index in [2.05, 4.69) is 26.6 Å². The molecule has 7 nitrogen and oxygen atoms in total. The standard InChI is InChI=1S/C15H14BrNO.C15H14N2O3/c1-11(12-7-3-2-4-8-12)17-15(18)13-9-5-6-10-14(13)16;1-11(12-7-3-2-4-8-12)16-15(18)13-9-5-6-10-14(13)17(19)20/h2-11H,1H3,(H,17,18);2-11H,1H3,(H,16,18)/t2*11-/m01/s1. The molecule has 0 aliphatic carbocycles. The maximum atomic E-state index is 12.1. The van der Waals surface area contributed by atoms with Crippen LogP contribution in [0.2, 0.25) is 0 Å². The van der Waals surface area contributed by atoms with Crippen molar-refractivity contribution in [3.63, 3.8) is 0 Å². The Hall–Kier alpha value is -4.30. The Morgan fingerprint density at radius 1 is 0.658 bits per heavy atom. The summed E-state index contributed by atoms with van der Waals surface area (Å²) in [6, 6.07) is 32.4. The topological polar surface area (TPSA) is 101 Å². The van der Waals surface area contributed by atoms with Gasteiger partial charge in [0.05, 0.1) is 22.6 Å². The minimum absolute atomic E-state index is 0.00851. The zero-order chi connectivity index (χ0) is 27.5. The average Bonchev–Trinajstić information content (AvgIpc) is 2.94. The quantitative estimate of drug-likeness (QED) is 0.183. The summed E-state index contributed by atoms with van der Waals surface area (Å²) in [6.07, 6.45) is 0. The maximum absolute atomic E-state index is 12.1. The number of nitro benzene ring substituents is 1. The summed E-state index contributed by atoms with van der Waals surface area (Å²) < 4.78 is 0.808. The zero-order valence-electron chi connectivity index (χ0n) is 21.0. The molecule has 8 heteroatoms. The van der Waals surface area contributed by atoms with Gasteiger partial charge >= 0.3 is 0 Å². The molecule has 0 saturated heterocycles. The first-order valence-corrected chi connectivity index (χ1v) is 12.8. The molecule has 0 aliphatic rings. The summed E-state index contributed by atoms with van der Waals surface area (Å²) in [6.45, 7) is 3.81. The molecule has 4 aromatic carbocycles. The van der Waals surface area contributed by atoms with Gasteiger partial charge in [0.1, 0.15) is 5.56 Å². The van der Waals surface area contributed by atoms with Crippen LogP contribution in [-0.2, 0) is 0 Å². The lowest BCUT2D eigenvalue weighted by Crippen LogP contribution is -2.27. The van der Waals surface area contributed by atoms with Gasteiger partial charge in [0.25, 0.3) is 17.5 Å². The van der Waals surface area contributed by atoms with Crippen molar-refractivity contribution in [3.05, 3.63) is 146 Å². The number of nitrogens with one attached hydrogen (secondary N) is 2. The van der Waals surface area contributed by atoms with Crippen LogP contribution < -0.4 is 10.6 Å². The molecule has 0 bridgehead atoms. The molecule has 0 fully saturated rings. The second-order valence-corrected chi connectivity index (χ2v) is 9.32. The predicted octanol–water partition coefficient (Wildman–Crippen LogP) is 7.03. The van der Waals surface area contributed by atoms with E-state index in [1.165, 1.54) is 18.2 Å². The van der Waals surface area contributed by atoms with Gasteiger partial charge in [-0.2, -0.15) is 0 Å². The monoisotopic (exact) mass is 573 g/mol. The van der Waals surface area contributed by atoms with Crippen LogP contribution in [-0.4, -0.2) is 16.7 Å². The Balaban J connectivity index is 0.000000212. The van der Waals surface area contributed by atoms with Crippen molar-refractivity contribution in [3.8, 4) is 0 Å². The minimum atomic E-state index is -0.553. The second kappa shape index (κ2) is 13.9. The third kappa shape index (κ3) is 7.85. The number of hydrogen-bond acceptors (Lipinski definition) is 4. The van der Waals surface area contributed by atoms with E-state index in [1.807, 2.05) is 92.7 Å². The molecule has 2 N–H and O–H groups in total. The summed E-state index contributed by atoms with van der Waals surface area (Å²) in [5.41, 5.74) is 2.57. The number of carbonyl (C=O) groups excluding carboxylic acids is 2. The number of amides is 2. The Morgan fingerprint density at radius 2 is 1.05 bits per heavy atom. The molecule has 4 aromatic rings. The molecule has 0 spiro atoms. The van der Waals surface area contributed by atoms with Crippen LogP contribution in [0.5, 0.6) is 0 Å². The van der Waals surface area contributed by atoms with Gasteiger partial charge in [0.2, 0.25) is 0 Å². The highest BCUT2D eigenvalue weighted by Crippen LogP contribution is 2.20. The fourth-order valence-corrected chi connectivity index (χ4v) is 4.13. The fraction of sp³-hybridized carbons (Fsp3) is 0.133. The van der Waals surface area contributed by atoms with Crippen molar-refractivity contribution in [2.45, 2.75) is 25.9 Å². The highest BCUT2D eigenvalue weighted by molar-refractivity contribution is 9.10. The molecule has 2 amide bonds. The summed E-state index contributed by atoms with van der Waals surface area (Å²) in [5.74, 6) is -0.521. The maximum Gasteiger partial charge on any atom is 0.282 e. The van der Waals surface area contributed by atoms with Crippen molar-refractivity contribution < 1.29 is 14.5 Å². The number of nitrogens with zero attached hydrogens (tertiary/aromatic N) is 1. The molecule has 4 rings (SSSR count). The molecule has 38 heavy (non-hydrogen) atoms. The van der Waals surface area contributed by atoms with E-state index in [0.717, 1.165) is 15.6 Å². The van der Waals surface area contributed by atoms with Crippen LogP contribution in [0.1, 0.15) is 57.8 Å². The molecule has 2 atom stereocenters. The van der Waals surface area contributed by atoms with E-state index >= 15 is 0 Å². The number of benzene rings is 4. The van der Waals surface area contributed by atoms with Gasteiger partial charge in [-0.25, -0.2) is 0 Å². The van der Waals surface area contributed by atoms with Crippen molar-refractivity contribution in [2.75, 3.05) is 0 Å². The molecule has 0 heterocycles. The molecule has 0 unspecified atom stereocenters. The Kier molecular flexibility index (Phi) is 10.3. The first-order valence-electron chi connectivity index (χ1n) is 12.0. The minimum Gasteiger partial charge on any atom is -0.345 e. The third-order valence-corrected chi connectivity index (χ3v) is 6.45. The molecule has 0 saturated carbocycles. The second-order valence-electron chi connectivity index (χ2n) is 8.47. The number of hydrogen-bond donors (Lipinski definition) is 2. The van der Waals surface area contributed by atoms with Gasteiger partial charge in [-0.3, -0.25) is 19.7 Å². The zero-order valence-corrected chi connectivity index (χ0v) is 22.6. The highest BCUT2D eigenvalue weighted by Gasteiger charge is 2.20. The summed E-state index contributed by atoms with van der Waals surface area (Å²) >= 11 is 3.38. The molecular formula is C30H28BrN3O4. The van der Waals surface area contributed by atoms with Crippen molar-refractivity contribution in [2.24, 2.45) is 0 Å². The normalized spacial score (nSPS) is 11.8. The predicted molar refractivity (Wildman–Crippen MR) is 152 cm³/mol. The van der Waals surface area contributed by atoms with E-state index in [-0.39, 0.29) is 29.2 Å². The average molecular weight is 574 g/mol. The lowest BCUT2D eigenvalue weighted by molar-refractivity contribution is -0.385. The highest BCUT2D eigenvalue weighted by atomic mass is 79.9. The van der Waals surface area contributed by atoms with Crippen LogP contribution in [0.3, 0.4) is 0 Å². The van der Waals surface area contributed by atoms with Crippen LogP contribution >= 0.6 is 15.9 Å². The van der Waals surface area contributed by atoms with Gasteiger partial charge in [-0.15, -0.1) is 0 Å². The van der Waals surface area contributed by atoms with Crippen LogP contribution in [0, 0.1) is 10.1 Å². The molecule has 0 aliphatic heterocycles. The molecular weight excluding hydrogens is 546 g/mol. The van der Waals surface area contributed by atoms with E-state index < -0.39 is 10.8 Å². The lowest BCUT2D eigenvalue weighted by Gasteiger charge is -2.14. The van der Waals surface area contributed by atoms with Gasteiger partial charge in [-0.05, 0) is 59.1 Å². The SMILES string of the molecule is C[C@@H](NC(=O)c1ccccc1[N+](=O)[O-])c1ccccc1.C[C@H](NC(=O)c1ccccc1Br)c1ccccc1. The molecule has 194 valence electrons. The first-order chi connectivity index (χ1) is 18.3. The third-order valence-electron chi connectivity index (χ3n) is 5.76. The molecule has 0 aromatic heterocycles. The van der Waals surface area contributed by atoms with Crippen LogP contribution in [0.15, 0.2) is 114 Å². The smallest absolute Gasteiger partial charge is 0.282 e. The Bertz CT molecular complexity index is 1380. The van der Waals surface area contributed by atoms with Crippen LogP contribution in [0.4, 0.5) is 5.69 Å². The summed E-state index contributed by atoms with van der Waals surface area (Å²) in [4.78, 5) is 34.6. The largest absolute Gasteiger partial charge is 0.345 e. The summed E-state index contributed by atoms with van der Waals surface area (Å²) in [7, 11) is 0. The number of halogens is 1. The van der Waals surface area contributed by atoms with Crippen molar-refractivity contribution in [1.29, 1.82) is 0 Å². The van der Waals surface area contributed by atoms with Crippen LogP contribution in [0.25, 0.3) is 0 Å². The molecule has 0 radical (unpaired) electrons. The van der Waals surface area contributed by atoms with Crippen molar-refractivity contribution >= 4 is 33.4 Å². The fourth-order valence-electron chi connectivity index (χ4n) is 3.67. The summed E-state index contributed by atoms with van der Waals surface area (Å²) in [5, 5.41) is 16.7. The van der Waals surface area contributed by atoms with Gasteiger partial charge in [-0.1, -0.05) is 84.9 Å². The number of rotatable bonds is 7. The van der Waals surface area contributed by atoms with E-state index in [0.29, 0.717) is 5.56 Å². The number of carbonyl (C=O) groups is 2. The lowest BCUT2D eigenvalue weighted by atomic mass is 10.1.